The van der Waals surface area contributed by atoms with Crippen LogP contribution in [0.15, 0.2) is 18.2 Å². The maximum atomic E-state index is 12.2. The first-order chi connectivity index (χ1) is 10.5. The normalized spacial score (nSPS) is 19.1. The third-order valence-electron chi connectivity index (χ3n) is 4.17. The van der Waals surface area contributed by atoms with E-state index in [-0.39, 0.29) is 23.7 Å². The van der Waals surface area contributed by atoms with Gasteiger partial charge in [0, 0.05) is 24.0 Å². The molecule has 0 atom stereocenters. The molecule has 1 aliphatic heterocycles. The van der Waals surface area contributed by atoms with Crippen LogP contribution >= 0.6 is 23.2 Å². The molecule has 1 saturated carbocycles. The van der Waals surface area contributed by atoms with E-state index in [0.717, 1.165) is 12.8 Å². The summed E-state index contributed by atoms with van der Waals surface area (Å²) in [7, 11) is 0. The average molecular weight is 342 g/mol. The monoisotopic (exact) mass is 341 g/mol. The van der Waals surface area contributed by atoms with E-state index in [9.17, 15) is 9.59 Å². The van der Waals surface area contributed by atoms with Gasteiger partial charge in [-0.05, 0) is 43.9 Å². The largest absolute Gasteiger partial charge is 0.425 e. The van der Waals surface area contributed by atoms with Crippen molar-refractivity contribution in [3.05, 3.63) is 28.2 Å². The Morgan fingerprint density at radius 2 is 1.73 bits per heavy atom. The van der Waals surface area contributed by atoms with Crippen molar-refractivity contribution in [3.8, 4) is 5.75 Å². The Bertz CT molecular complexity index is 593. The minimum atomic E-state index is -0.289. The van der Waals surface area contributed by atoms with Gasteiger partial charge in [0.25, 0.3) is 0 Å². The quantitative estimate of drug-likeness (QED) is 0.623. The Labute approximate surface area is 139 Å². The first-order valence-electron chi connectivity index (χ1n) is 7.50. The molecule has 1 heterocycles. The molecule has 0 N–H and O–H groups in total. The lowest BCUT2D eigenvalue weighted by Gasteiger charge is -2.31. The molecule has 4 nitrogen and oxygen atoms in total. The Morgan fingerprint density at radius 1 is 1.05 bits per heavy atom. The third kappa shape index (κ3) is 3.55. The minimum Gasteiger partial charge on any atom is -0.425 e. The maximum absolute atomic E-state index is 12.2. The molecule has 1 aromatic rings. The summed E-state index contributed by atoms with van der Waals surface area (Å²) in [6, 6.07) is 4.77. The average Bonchev–Trinajstić information content (AvgIpc) is 3.34. The molecule has 2 fully saturated rings. The molecule has 0 radical (unpaired) electrons. The number of piperidine rings is 1. The number of esters is 1. The highest BCUT2D eigenvalue weighted by Crippen LogP contribution is 2.33. The highest BCUT2D eigenvalue weighted by molar-refractivity contribution is 6.35. The number of benzene rings is 1. The second-order valence-corrected chi connectivity index (χ2v) is 6.71. The summed E-state index contributed by atoms with van der Waals surface area (Å²) in [5.41, 5.74) is 0. The van der Waals surface area contributed by atoms with E-state index < -0.39 is 0 Å². The van der Waals surface area contributed by atoms with Crippen LogP contribution < -0.4 is 4.74 Å². The molecule has 2 aliphatic rings. The van der Waals surface area contributed by atoms with Gasteiger partial charge in [-0.3, -0.25) is 9.59 Å². The number of amides is 1. The van der Waals surface area contributed by atoms with Gasteiger partial charge in [-0.2, -0.15) is 0 Å². The topological polar surface area (TPSA) is 46.6 Å². The second-order valence-electron chi connectivity index (χ2n) is 5.87. The lowest BCUT2D eigenvalue weighted by Crippen LogP contribution is -2.41. The lowest BCUT2D eigenvalue weighted by molar-refractivity contribution is -0.143. The minimum absolute atomic E-state index is 0.185. The van der Waals surface area contributed by atoms with Crippen LogP contribution in [0.5, 0.6) is 5.75 Å². The number of hydrogen-bond donors (Lipinski definition) is 0. The smallest absolute Gasteiger partial charge is 0.314 e. The van der Waals surface area contributed by atoms with E-state index in [0.29, 0.717) is 41.7 Å². The van der Waals surface area contributed by atoms with Gasteiger partial charge >= 0.3 is 5.97 Å². The van der Waals surface area contributed by atoms with Crippen LogP contribution in [-0.2, 0) is 9.59 Å². The van der Waals surface area contributed by atoms with Gasteiger partial charge < -0.3 is 9.64 Å². The molecule has 0 spiro atoms. The molecule has 0 unspecified atom stereocenters. The molecule has 3 rings (SSSR count). The van der Waals surface area contributed by atoms with Crippen LogP contribution in [0, 0.1) is 11.8 Å². The van der Waals surface area contributed by atoms with Crippen LogP contribution in [-0.4, -0.2) is 29.9 Å². The predicted molar refractivity (Wildman–Crippen MR) is 84.1 cm³/mol. The molecule has 118 valence electrons. The highest BCUT2D eigenvalue weighted by Gasteiger charge is 2.36. The fraction of sp³-hybridized carbons (Fsp3) is 0.500. The first kappa shape index (κ1) is 15.6. The van der Waals surface area contributed by atoms with E-state index in [2.05, 4.69) is 0 Å². The zero-order valence-electron chi connectivity index (χ0n) is 12.1. The zero-order chi connectivity index (χ0) is 15.7. The van der Waals surface area contributed by atoms with Crippen molar-refractivity contribution in [3.63, 3.8) is 0 Å². The van der Waals surface area contributed by atoms with Gasteiger partial charge in [-0.1, -0.05) is 23.2 Å². The number of ether oxygens (including phenoxy) is 1. The maximum Gasteiger partial charge on any atom is 0.314 e. The number of nitrogens with zero attached hydrogens (tertiary/aromatic N) is 1. The number of carbonyl (C=O) groups is 2. The first-order valence-corrected chi connectivity index (χ1v) is 8.25. The molecular formula is C16H17Cl2NO3. The van der Waals surface area contributed by atoms with E-state index in [1.165, 1.54) is 0 Å². The van der Waals surface area contributed by atoms with Crippen molar-refractivity contribution >= 4 is 35.1 Å². The third-order valence-corrected chi connectivity index (χ3v) is 4.70. The zero-order valence-corrected chi connectivity index (χ0v) is 13.6. The van der Waals surface area contributed by atoms with E-state index in [1.807, 2.05) is 4.90 Å². The number of hydrogen-bond acceptors (Lipinski definition) is 3. The van der Waals surface area contributed by atoms with Crippen molar-refractivity contribution in [1.29, 1.82) is 0 Å². The van der Waals surface area contributed by atoms with Gasteiger partial charge in [-0.15, -0.1) is 0 Å². The molecule has 1 aliphatic carbocycles. The summed E-state index contributed by atoms with van der Waals surface area (Å²) in [6.07, 6.45) is 3.30. The summed E-state index contributed by atoms with van der Waals surface area (Å²) >= 11 is 11.8. The molecule has 1 aromatic carbocycles. The number of halogens is 2. The van der Waals surface area contributed by atoms with Gasteiger partial charge in [0.15, 0.2) is 0 Å². The predicted octanol–water partition coefficient (Wildman–Crippen LogP) is 3.55. The molecular weight excluding hydrogens is 325 g/mol. The summed E-state index contributed by atoms with van der Waals surface area (Å²) in [6.45, 7) is 1.26. The summed E-state index contributed by atoms with van der Waals surface area (Å²) < 4.78 is 5.36. The van der Waals surface area contributed by atoms with Gasteiger partial charge in [0.1, 0.15) is 5.75 Å². The second kappa shape index (κ2) is 6.47. The van der Waals surface area contributed by atoms with Crippen LogP contribution in [0.2, 0.25) is 10.0 Å². The highest BCUT2D eigenvalue weighted by atomic mass is 35.5. The number of likely N-dealkylation sites (tertiary alicyclic amines) is 1. The van der Waals surface area contributed by atoms with Crippen LogP contribution in [0.4, 0.5) is 0 Å². The van der Waals surface area contributed by atoms with Crippen LogP contribution in [0.3, 0.4) is 0 Å². The van der Waals surface area contributed by atoms with Crippen molar-refractivity contribution in [2.45, 2.75) is 25.7 Å². The Balaban J connectivity index is 1.54. The number of carbonyl (C=O) groups excluding carboxylic acids is 2. The van der Waals surface area contributed by atoms with Gasteiger partial charge in [0.2, 0.25) is 5.91 Å². The summed E-state index contributed by atoms with van der Waals surface area (Å²) in [5, 5.41) is 0.818. The van der Waals surface area contributed by atoms with Crippen molar-refractivity contribution in [2.75, 3.05) is 13.1 Å². The molecule has 0 aromatic heterocycles. The lowest BCUT2D eigenvalue weighted by atomic mass is 9.96. The Hall–Kier alpha value is -1.26. The van der Waals surface area contributed by atoms with E-state index >= 15 is 0 Å². The molecule has 1 saturated heterocycles. The molecule has 22 heavy (non-hydrogen) atoms. The molecule has 1 amide bonds. The van der Waals surface area contributed by atoms with E-state index in [1.54, 1.807) is 18.2 Å². The van der Waals surface area contributed by atoms with Crippen molar-refractivity contribution < 1.29 is 14.3 Å². The Kier molecular flexibility index (Phi) is 4.59. The Morgan fingerprint density at radius 3 is 2.32 bits per heavy atom. The van der Waals surface area contributed by atoms with Crippen LogP contribution in [0.25, 0.3) is 0 Å². The van der Waals surface area contributed by atoms with Crippen LogP contribution in [0.1, 0.15) is 25.7 Å². The fourth-order valence-electron chi connectivity index (χ4n) is 2.67. The molecule has 0 bridgehead atoms. The fourth-order valence-corrected chi connectivity index (χ4v) is 3.12. The van der Waals surface area contributed by atoms with E-state index in [4.69, 9.17) is 27.9 Å². The summed E-state index contributed by atoms with van der Waals surface area (Å²) in [5.74, 6) is 0.328. The SMILES string of the molecule is O=C(Oc1ccc(Cl)cc1Cl)C1CCN(C(=O)C2CC2)CC1. The summed E-state index contributed by atoms with van der Waals surface area (Å²) in [4.78, 5) is 26.1. The van der Waals surface area contributed by atoms with Gasteiger partial charge in [0.05, 0.1) is 10.9 Å². The number of rotatable bonds is 3. The van der Waals surface area contributed by atoms with Crippen molar-refractivity contribution in [2.24, 2.45) is 11.8 Å². The standard InChI is InChI=1S/C16H17Cl2NO3/c17-12-3-4-14(13(18)9-12)22-16(21)11-5-7-19(8-6-11)15(20)10-1-2-10/h3-4,9-11H,1-2,5-8H2. The van der Waals surface area contributed by atoms with Gasteiger partial charge in [-0.25, -0.2) is 0 Å². The molecule has 6 heteroatoms. The van der Waals surface area contributed by atoms with Crippen molar-refractivity contribution in [1.82, 2.24) is 4.90 Å².